The predicted octanol–water partition coefficient (Wildman–Crippen LogP) is 3.44. The minimum Gasteiger partial charge on any atom is -0.324 e. The van der Waals surface area contributed by atoms with Crippen LogP contribution in [0, 0.1) is 0 Å². The number of fused-ring (bicyclic) bond motifs is 2. The van der Waals surface area contributed by atoms with Crippen molar-refractivity contribution >= 4 is 59.2 Å². The molecule has 0 saturated heterocycles. The van der Waals surface area contributed by atoms with Crippen molar-refractivity contribution in [1.82, 2.24) is 19.7 Å². The molecule has 0 aliphatic heterocycles. The van der Waals surface area contributed by atoms with Crippen LogP contribution in [0.3, 0.4) is 0 Å². The van der Waals surface area contributed by atoms with E-state index < -0.39 is 20.0 Å². The molecule has 0 aliphatic carbocycles. The lowest BCUT2D eigenvalue weighted by molar-refractivity contribution is 0.590. The summed E-state index contributed by atoms with van der Waals surface area (Å²) in [4.78, 5) is 8.96. The van der Waals surface area contributed by atoms with Crippen LogP contribution in [0.1, 0.15) is 0 Å². The van der Waals surface area contributed by atoms with Gasteiger partial charge < -0.3 is 5.32 Å². The van der Waals surface area contributed by atoms with E-state index in [-0.39, 0.29) is 5.69 Å². The standard InChI is InChI=1S/C23H20N6O4S2/c1-34(30,31)29(35(2,32)33)19-12-10-18(11-13-19)26-23-24-14-17-15-25-28(22(17)27-23)21-9-5-7-16-6-3-4-8-20(16)21/h3-15H,1-2H3,(H,24,26,27). The van der Waals surface area contributed by atoms with Crippen LogP contribution in [-0.4, -0.2) is 49.1 Å². The van der Waals surface area contributed by atoms with E-state index in [1.54, 1.807) is 29.2 Å². The first-order valence-corrected chi connectivity index (χ1v) is 14.1. The van der Waals surface area contributed by atoms with Crippen LogP contribution in [0.4, 0.5) is 17.3 Å². The molecule has 2 heterocycles. The lowest BCUT2D eigenvalue weighted by atomic mass is 10.1. The van der Waals surface area contributed by atoms with Crippen molar-refractivity contribution in [2.45, 2.75) is 0 Å². The maximum absolute atomic E-state index is 12.0. The Hall–Kier alpha value is -4.03. The number of nitrogens with one attached hydrogen (secondary N) is 1. The van der Waals surface area contributed by atoms with E-state index in [1.807, 2.05) is 42.5 Å². The van der Waals surface area contributed by atoms with Gasteiger partial charge >= 0.3 is 0 Å². The van der Waals surface area contributed by atoms with Crippen molar-refractivity contribution in [3.05, 3.63) is 79.1 Å². The molecule has 0 radical (unpaired) electrons. The summed E-state index contributed by atoms with van der Waals surface area (Å²) in [6.45, 7) is 0. The Morgan fingerprint density at radius 2 is 1.49 bits per heavy atom. The fourth-order valence-corrected chi connectivity index (χ4v) is 6.85. The summed E-state index contributed by atoms with van der Waals surface area (Å²) >= 11 is 0. The normalized spacial score (nSPS) is 12.2. The lowest BCUT2D eigenvalue weighted by Crippen LogP contribution is -2.35. The number of anilines is 3. The summed E-state index contributed by atoms with van der Waals surface area (Å²) in [5.74, 6) is 0.301. The van der Waals surface area contributed by atoms with Gasteiger partial charge in [-0.25, -0.2) is 26.5 Å². The average molecular weight is 509 g/mol. The van der Waals surface area contributed by atoms with Gasteiger partial charge in [-0.2, -0.15) is 13.8 Å². The van der Waals surface area contributed by atoms with Crippen LogP contribution in [-0.2, 0) is 20.0 Å². The quantitative estimate of drug-likeness (QED) is 0.370. The molecule has 12 heteroatoms. The molecule has 5 rings (SSSR count). The summed E-state index contributed by atoms with van der Waals surface area (Å²) in [6, 6.07) is 19.9. The molecule has 0 saturated carbocycles. The molecule has 178 valence electrons. The number of aromatic nitrogens is 4. The van der Waals surface area contributed by atoms with Gasteiger partial charge in [0, 0.05) is 17.3 Å². The zero-order chi connectivity index (χ0) is 24.8. The molecule has 0 aliphatic rings. The highest BCUT2D eigenvalue weighted by atomic mass is 32.3. The number of hydrogen-bond donors (Lipinski definition) is 1. The van der Waals surface area contributed by atoms with Crippen LogP contribution >= 0.6 is 0 Å². The molecular weight excluding hydrogens is 488 g/mol. The van der Waals surface area contributed by atoms with E-state index in [1.165, 1.54) is 12.1 Å². The molecule has 0 spiro atoms. The topological polar surface area (TPSA) is 127 Å². The SMILES string of the molecule is CS(=O)(=O)N(c1ccc(Nc2ncc3cnn(-c4cccc5ccccc45)c3n2)cc1)S(C)(=O)=O. The molecule has 0 atom stereocenters. The third-order valence-corrected chi connectivity index (χ3v) is 8.49. The highest BCUT2D eigenvalue weighted by Gasteiger charge is 2.27. The molecule has 0 fully saturated rings. The highest BCUT2D eigenvalue weighted by Crippen LogP contribution is 2.27. The smallest absolute Gasteiger partial charge is 0.245 e. The fourth-order valence-electron chi connectivity index (χ4n) is 3.87. The van der Waals surface area contributed by atoms with E-state index in [2.05, 4.69) is 20.4 Å². The zero-order valence-corrected chi connectivity index (χ0v) is 20.3. The van der Waals surface area contributed by atoms with E-state index in [0.717, 1.165) is 34.4 Å². The van der Waals surface area contributed by atoms with Gasteiger partial charge in [0.05, 0.1) is 35.5 Å². The zero-order valence-electron chi connectivity index (χ0n) is 18.7. The summed E-state index contributed by atoms with van der Waals surface area (Å²) in [5.41, 5.74) is 2.04. The largest absolute Gasteiger partial charge is 0.324 e. The Morgan fingerprint density at radius 3 is 2.20 bits per heavy atom. The predicted molar refractivity (Wildman–Crippen MR) is 136 cm³/mol. The molecule has 0 amide bonds. The summed E-state index contributed by atoms with van der Waals surface area (Å²) < 4.78 is 50.1. The van der Waals surface area contributed by atoms with E-state index in [9.17, 15) is 16.8 Å². The van der Waals surface area contributed by atoms with Crippen molar-refractivity contribution in [1.29, 1.82) is 0 Å². The van der Waals surface area contributed by atoms with Crippen LogP contribution < -0.4 is 9.03 Å². The number of benzene rings is 3. The minimum absolute atomic E-state index is 0.00551. The molecule has 35 heavy (non-hydrogen) atoms. The van der Waals surface area contributed by atoms with Crippen molar-refractivity contribution in [2.24, 2.45) is 0 Å². The van der Waals surface area contributed by atoms with Crippen molar-refractivity contribution in [2.75, 3.05) is 21.5 Å². The van der Waals surface area contributed by atoms with E-state index >= 15 is 0 Å². The van der Waals surface area contributed by atoms with Crippen LogP contribution in [0.25, 0.3) is 27.5 Å². The summed E-state index contributed by atoms with van der Waals surface area (Å²) in [7, 11) is -8.04. The number of hydrogen-bond acceptors (Lipinski definition) is 8. The van der Waals surface area contributed by atoms with Gasteiger partial charge in [-0.3, -0.25) is 0 Å². The summed E-state index contributed by atoms with van der Waals surface area (Å²) in [6.07, 6.45) is 5.02. The molecule has 0 unspecified atom stereocenters. The molecule has 1 N–H and O–H groups in total. The second kappa shape index (κ2) is 8.32. The fraction of sp³-hybridized carbons (Fsp3) is 0.0870. The maximum Gasteiger partial charge on any atom is 0.245 e. The molecule has 3 aromatic carbocycles. The van der Waals surface area contributed by atoms with Gasteiger partial charge in [-0.05, 0) is 35.7 Å². The van der Waals surface area contributed by atoms with Crippen molar-refractivity contribution in [3.63, 3.8) is 0 Å². The molecule has 10 nitrogen and oxygen atoms in total. The van der Waals surface area contributed by atoms with Crippen LogP contribution in [0.15, 0.2) is 79.1 Å². The first-order valence-electron chi connectivity index (χ1n) is 10.4. The third kappa shape index (κ3) is 4.40. The van der Waals surface area contributed by atoms with E-state index in [0.29, 0.717) is 21.0 Å². The number of nitrogens with zero attached hydrogens (tertiary/aromatic N) is 5. The van der Waals surface area contributed by atoms with Gasteiger partial charge in [0.1, 0.15) is 0 Å². The number of rotatable bonds is 6. The second-order valence-corrected chi connectivity index (χ2v) is 11.8. The molecule has 0 bridgehead atoms. The van der Waals surface area contributed by atoms with Crippen LogP contribution in [0.5, 0.6) is 0 Å². The Balaban J connectivity index is 1.49. The Bertz CT molecular complexity index is 1750. The second-order valence-electron chi connectivity index (χ2n) is 7.92. The molecular formula is C23H20N6O4S2. The average Bonchev–Trinajstić information content (AvgIpc) is 3.21. The van der Waals surface area contributed by atoms with Gasteiger partial charge in [-0.1, -0.05) is 36.4 Å². The maximum atomic E-state index is 12.0. The molecule has 2 aromatic heterocycles. The minimum atomic E-state index is -4.02. The number of sulfonamides is 2. The van der Waals surface area contributed by atoms with E-state index in [4.69, 9.17) is 0 Å². The monoisotopic (exact) mass is 508 g/mol. The van der Waals surface area contributed by atoms with Gasteiger partial charge in [-0.15, -0.1) is 0 Å². The summed E-state index contributed by atoms with van der Waals surface area (Å²) in [5, 5.41) is 10.4. The first-order chi connectivity index (χ1) is 16.6. The Morgan fingerprint density at radius 1 is 0.800 bits per heavy atom. The lowest BCUT2D eigenvalue weighted by Gasteiger charge is -2.19. The molecule has 5 aromatic rings. The first kappa shape index (κ1) is 22.7. The Kier molecular flexibility index (Phi) is 5.41. The van der Waals surface area contributed by atoms with Crippen molar-refractivity contribution < 1.29 is 16.8 Å². The van der Waals surface area contributed by atoms with Gasteiger partial charge in [0.25, 0.3) is 0 Å². The van der Waals surface area contributed by atoms with Gasteiger partial charge in [0.15, 0.2) is 5.65 Å². The third-order valence-electron chi connectivity index (χ3n) is 5.24. The highest BCUT2D eigenvalue weighted by molar-refractivity contribution is 8.09. The van der Waals surface area contributed by atoms with Gasteiger partial charge in [0.2, 0.25) is 26.0 Å². The van der Waals surface area contributed by atoms with Crippen LogP contribution in [0.2, 0.25) is 0 Å². The Labute approximate surface area is 202 Å². The van der Waals surface area contributed by atoms with Crippen molar-refractivity contribution in [3.8, 4) is 5.69 Å².